The Labute approximate surface area is 144 Å². The van der Waals surface area contributed by atoms with Crippen molar-refractivity contribution in [1.29, 1.82) is 0 Å². The Morgan fingerprint density at radius 1 is 1.35 bits per heavy atom. The number of carbonyl (C=O) groups is 1. The smallest absolute Gasteiger partial charge is 0.220 e. The van der Waals surface area contributed by atoms with Gasteiger partial charge in [-0.2, -0.15) is 11.3 Å². The Hall–Kier alpha value is -1.85. The molecule has 120 valence electrons. The maximum Gasteiger partial charge on any atom is 0.220 e. The number of aryl methyl sites for hydroxylation is 2. The molecule has 2 heterocycles. The van der Waals surface area contributed by atoms with Gasteiger partial charge in [0.2, 0.25) is 5.91 Å². The van der Waals surface area contributed by atoms with E-state index in [1.165, 1.54) is 5.56 Å². The first kappa shape index (κ1) is 16.0. The van der Waals surface area contributed by atoms with E-state index in [1.54, 1.807) is 11.3 Å². The number of imidazole rings is 1. The summed E-state index contributed by atoms with van der Waals surface area (Å²) in [6, 6.07) is 7.75. The molecule has 0 aliphatic rings. The van der Waals surface area contributed by atoms with Crippen LogP contribution in [0.15, 0.2) is 35.0 Å². The molecule has 4 nitrogen and oxygen atoms in total. The van der Waals surface area contributed by atoms with Crippen molar-refractivity contribution in [3.8, 4) is 0 Å². The number of halogens is 1. The van der Waals surface area contributed by atoms with Crippen LogP contribution in [-0.4, -0.2) is 22.0 Å². The highest BCUT2D eigenvalue weighted by Gasteiger charge is 2.09. The fraction of sp³-hybridized carbons (Fsp3) is 0.294. The van der Waals surface area contributed by atoms with E-state index in [4.69, 9.17) is 11.6 Å². The van der Waals surface area contributed by atoms with Crippen molar-refractivity contribution in [1.82, 2.24) is 14.9 Å². The Morgan fingerprint density at radius 3 is 3.00 bits per heavy atom. The molecule has 0 spiro atoms. The number of nitrogens with one attached hydrogen (secondary N) is 1. The molecule has 6 heteroatoms. The predicted octanol–water partition coefficient (Wildman–Crippen LogP) is 3.58. The normalized spacial score (nSPS) is 11.0. The molecule has 1 aromatic carbocycles. The number of fused-ring (bicyclic) bond motifs is 1. The van der Waals surface area contributed by atoms with Crippen LogP contribution in [0.1, 0.15) is 17.8 Å². The number of carbonyl (C=O) groups excluding carboxylic acids is 1. The zero-order valence-electron chi connectivity index (χ0n) is 12.9. The zero-order valence-corrected chi connectivity index (χ0v) is 14.5. The third-order valence-corrected chi connectivity index (χ3v) is 4.79. The third-order valence-electron chi connectivity index (χ3n) is 3.83. The summed E-state index contributed by atoms with van der Waals surface area (Å²) in [6.45, 7) is 0.591. The van der Waals surface area contributed by atoms with Gasteiger partial charge in [0, 0.05) is 31.5 Å². The van der Waals surface area contributed by atoms with E-state index in [-0.39, 0.29) is 5.91 Å². The van der Waals surface area contributed by atoms with Crippen LogP contribution in [0.25, 0.3) is 11.0 Å². The number of benzene rings is 1. The molecule has 0 bridgehead atoms. The molecule has 0 saturated carbocycles. The van der Waals surface area contributed by atoms with Crippen molar-refractivity contribution in [3.05, 3.63) is 51.4 Å². The average Bonchev–Trinajstić information content (AvgIpc) is 3.14. The Morgan fingerprint density at radius 2 is 2.22 bits per heavy atom. The van der Waals surface area contributed by atoms with Crippen LogP contribution in [-0.2, 0) is 24.7 Å². The second kappa shape index (κ2) is 7.15. The summed E-state index contributed by atoms with van der Waals surface area (Å²) in [4.78, 5) is 16.5. The number of nitrogens with zero attached hydrogens (tertiary/aromatic N) is 2. The van der Waals surface area contributed by atoms with E-state index in [0.29, 0.717) is 24.4 Å². The highest BCUT2D eigenvalue weighted by atomic mass is 35.5. The van der Waals surface area contributed by atoms with E-state index in [9.17, 15) is 4.79 Å². The van der Waals surface area contributed by atoms with Gasteiger partial charge in [0.15, 0.2) is 0 Å². The highest BCUT2D eigenvalue weighted by Crippen LogP contribution is 2.19. The van der Waals surface area contributed by atoms with Crippen LogP contribution in [0.4, 0.5) is 0 Å². The molecule has 0 saturated heterocycles. The van der Waals surface area contributed by atoms with Crippen molar-refractivity contribution in [2.24, 2.45) is 7.05 Å². The second-order valence-electron chi connectivity index (χ2n) is 5.45. The summed E-state index contributed by atoms with van der Waals surface area (Å²) in [5.41, 5.74) is 3.16. The molecule has 2 aromatic heterocycles. The van der Waals surface area contributed by atoms with Crippen LogP contribution in [0.3, 0.4) is 0 Å². The molecule has 23 heavy (non-hydrogen) atoms. The number of thiophene rings is 1. The van der Waals surface area contributed by atoms with Crippen molar-refractivity contribution >= 4 is 39.9 Å². The Bertz CT molecular complexity index is 811. The van der Waals surface area contributed by atoms with Gasteiger partial charge in [0.05, 0.1) is 11.0 Å². The summed E-state index contributed by atoms with van der Waals surface area (Å²) in [5.74, 6) is 1.03. The lowest BCUT2D eigenvalue weighted by atomic mass is 10.2. The van der Waals surface area contributed by atoms with Gasteiger partial charge >= 0.3 is 0 Å². The van der Waals surface area contributed by atoms with Crippen LogP contribution in [0, 0.1) is 0 Å². The molecule has 1 amide bonds. The molecule has 0 unspecified atom stereocenters. The molecule has 3 rings (SSSR count). The fourth-order valence-electron chi connectivity index (χ4n) is 2.54. The number of aromatic nitrogens is 2. The van der Waals surface area contributed by atoms with Gasteiger partial charge in [-0.1, -0.05) is 11.6 Å². The molecular formula is C17H18ClN3OS. The van der Waals surface area contributed by atoms with E-state index < -0.39 is 0 Å². The molecule has 0 radical (unpaired) electrons. The minimum Gasteiger partial charge on any atom is -0.356 e. The molecule has 1 N–H and O–H groups in total. The molecule has 0 aliphatic heterocycles. The molecule has 3 aromatic rings. The molecular weight excluding hydrogens is 330 g/mol. The average molecular weight is 348 g/mol. The minimum absolute atomic E-state index is 0.0815. The van der Waals surface area contributed by atoms with Crippen LogP contribution < -0.4 is 5.32 Å². The van der Waals surface area contributed by atoms with E-state index in [0.717, 1.165) is 23.3 Å². The third kappa shape index (κ3) is 3.92. The van der Waals surface area contributed by atoms with Gasteiger partial charge in [0.25, 0.3) is 0 Å². The summed E-state index contributed by atoms with van der Waals surface area (Å²) in [5, 5.41) is 7.76. The van der Waals surface area contributed by atoms with Crippen molar-refractivity contribution in [3.63, 3.8) is 0 Å². The van der Waals surface area contributed by atoms with E-state index >= 15 is 0 Å². The van der Waals surface area contributed by atoms with Gasteiger partial charge in [-0.3, -0.25) is 4.79 Å². The largest absolute Gasteiger partial charge is 0.356 e. The first-order valence-corrected chi connectivity index (χ1v) is 8.84. The maximum atomic E-state index is 11.9. The van der Waals surface area contributed by atoms with Crippen molar-refractivity contribution in [2.75, 3.05) is 6.54 Å². The lowest BCUT2D eigenvalue weighted by molar-refractivity contribution is -0.121. The summed E-state index contributed by atoms with van der Waals surface area (Å²) >= 11 is 7.66. The lowest BCUT2D eigenvalue weighted by Gasteiger charge is -2.05. The second-order valence-corrected chi connectivity index (χ2v) is 6.67. The lowest BCUT2D eigenvalue weighted by Crippen LogP contribution is -2.26. The molecule has 0 fully saturated rings. The number of rotatable bonds is 6. The van der Waals surface area contributed by atoms with Gasteiger partial charge in [-0.05, 0) is 47.0 Å². The summed E-state index contributed by atoms with van der Waals surface area (Å²) in [6.07, 6.45) is 2.02. The van der Waals surface area contributed by atoms with Crippen LogP contribution in [0.2, 0.25) is 5.02 Å². The van der Waals surface area contributed by atoms with Crippen LogP contribution in [0.5, 0.6) is 0 Å². The summed E-state index contributed by atoms with van der Waals surface area (Å²) < 4.78 is 2.04. The van der Waals surface area contributed by atoms with E-state index in [2.05, 4.69) is 21.7 Å². The van der Waals surface area contributed by atoms with E-state index in [1.807, 2.05) is 35.2 Å². The summed E-state index contributed by atoms with van der Waals surface area (Å²) in [7, 11) is 1.98. The number of amides is 1. The highest BCUT2D eigenvalue weighted by molar-refractivity contribution is 7.07. The Balaban J connectivity index is 1.52. The SMILES string of the molecule is Cn1c(CCNC(=O)CCc2ccsc2)nc2cc(Cl)ccc21. The topological polar surface area (TPSA) is 46.9 Å². The van der Waals surface area contributed by atoms with Crippen molar-refractivity contribution in [2.45, 2.75) is 19.3 Å². The van der Waals surface area contributed by atoms with Crippen molar-refractivity contribution < 1.29 is 4.79 Å². The van der Waals surface area contributed by atoms with Gasteiger partial charge in [-0.15, -0.1) is 0 Å². The molecule has 0 aliphatic carbocycles. The first-order chi connectivity index (χ1) is 11.1. The monoisotopic (exact) mass is 347 g/mol. The fourth-order valence-corrected chi connectivity index (χ4v) is 3.41. The quantitative estimate of drug-likeness (QED) is 0.740. The maximum absolute atomic E-state index is 11.9. The molecule has 0 atom stereocenters. The number of hydrogen-bond donors (Lipinski definition) is 1. The van der Waals surface area contributed by atoms with Gasteiger partial charge in [0.1, 0.15) is 5.82 Å². The van der Waals surface area contributed by atoms with Gasteiger partial charge in [-0.25, -0.2) is 4.98 Å². The first-order valence-electron chi connectivity index (χ1n) is 7.52. The zero-order chi connectivity index (χ0) is 16.2. The van der Waals surface area contributed by atoms with Crippen LogP contribution >= 0.6 is 22.9 Å². The predicted molar refractivity (Wildman–Crippen MR) is 95.1 cm³/mol. The minimum atomic E-state index is 0.0815. The van der Waals surface area contributed by atoms with Gasteiger partial charge < -0.3 is 9.88 Å². The standard InChI is InChI=1S/C17H18ClN3OS/c1-21-15-4-3-13(18)10-14(15)20-16(21)6-8-19-17(22)5-2-12-7-9-23-11-12/h3-4,7,9-11H,2,5-6,8H2,1H3,(H,19,22). The Kier molecular flexibility index (Phi) is 4.98. The number of hydrogen-bond acceptors (Lipinski definition) is 3.